The Morgan fingerprint density at radius 1 is 1.17 bits per heavy atom. The Kier molecular flexibility index (Phi) is 3.74. The molecule has 2 aromatic carbocycles. The van der Waals surface area contributed by atoms with E-state index < -0.39 is 4.92 Å². The molecule has 0 atom stereocenters. The maximum Gasteiger partial charge on any atom is 0.283 e. The zero-order valence-electron chi connectivity index (χ0n) is 9.17. The minimum atomic E-state index is -0.421. The molecule has 6 heteroatoms. The normalized spacial score (nSPS) is 10.3. The van der Waals surface area contributed by atoms with Crippen LogP contribution >= 0.6 is 23.4 Å². The van der Waals surface area contributed by atoms with Crippen LogP contribution in [0.4, 0.5) is 11.4 Å². The number of hydrogen-bond donors (Lipinski definition) is 1. The molecule has 0 aliphatic rings. The lowest BCUT2D eigenvalue weighted by Crippen LogP contribution is -1.92. The van der Waals surface area contributed by atoms with E-state index in [1.807, 2.05) is 0 Å². The summed E-state index contributed by atoms with van der Waals surface area (Å²) in [6.45, 7) is 0. The number of nitrogens with zero attached hydrogens (tertiary/aromatic N) is 1. The molecule has 0 bridgehead atoms. The highest BCUT2D eigenvalue weighted by atomic mass is 35.5. The summed E-state index contributed by atoms with van der Waals surface area (Å²) in [4.78, 5) is 11.6. The monoisotopic (exact) mass is 280 g/mol. The van der Waals surface area contributed by atoms with Crippen LogP contribution in [0.1, 0.15) is 0 Å². The number of nitrogen functional groups attached to an aromatic ring is 1. The van der Waals surface area contributed by atoms with Crippen molar-refractivity contribution in [2.24, 2.45) is 0 Å². The molecular weight excluding hydrogens is 272 g/mol. The second kappa shape index (κ2) is 5.29. The molecule has 0 aliphatic carbocycles. The fraction of sp³-hybridized carbons (Fsp3) is 0. The highest BCUT2D eigenvalue weighted by Gasteiger charge is 2.16. The highest BCUT2D eigenvalue weighted by molar-refractivity contribution is 7.99. The molecule has 0 heterocycles. The van der Waals surface area contributed by atoms with E-state index >= 15 is 0 Å². The Labute approximate surface area is 113 Å². The maximum absolute atomic E-state index is 10.9. The summed E-state index contributed by atoms with van der Waals surface area (Å²) in [5.41, 5.74) is 6.37. The van der Waals surface area contributed by atoms with Crippen molar-refractivity contribution in [2.45, 2.75) is 9.79 Å². The van der Waals surface area contributed by atoms with Gasteiger partial charge in [0.05, 0.1) is 19.7 Å². The quantitative estimate of drug-likeness (QED) is 0.524. The van der Waals surface area contributed by atoms with Crippen molar-refractivity contribution in [3.8, 4) is 0 Å². The van der Waals surface area contributed by atoms with Crippen LogP contribution in [0.3, 0.4) is 0 Å². The van der Waals surface area contributed by atoms with Gasteiger partial charge in [-0.25, -0.2) is 0 Å². The summed E-state index contributed by atoms with van der Waals surface area (Å²) >= 11 is 7.24. The van der Waals surface area contributed by atoms with Crippen molar-refractivity contribution in [3.63, 3.8) is 0 Å². The van der Waals surface area contributed by atoms with Gasteiger partial charge in [0, 0.05) is 11.8 Å². The van der Waals surface area contributed by atoms with E-state index in [9.17, 15) is 10.1 Å². The molecule has 2 N–H and O–H groups in total. The van der Waals surface area contributed by atoms with Crippen LogP contribution in [-0.4, -0.2) is 4.92 Å². The number of halogens is 1. The van der Waals surface area contributed by atoms with Gasteiger partial charge in [-0.3, -0.25) is 10.1 Å². The van der Waals surface area contributed by atoms with Crippen LogP contribution in [0, 0.1) is 10.1 Å². The van der Waals surface area contributed by atoms with Crippen LogP contribution in [-0.2, 0) is 0 Å². The summed E-state index contributed by atoms with van der Waals surface area (Å²) in [5, 5.41) is 11.4. The Hall–Kier alpha value is -1.72. The molecular formula is C12H9ClN2O2S. The molecule has 0 spiro atoms. The SMILES string of the molecule is Nc1cccc(Cl)c1Sc1ccccc1[N+](=O)[O-]. The molecule has 0 aliphatic heterocycles. The van der Waals surface area contributed by atoms with Crippen molar-refractivity contribution >= 4 is 34.7 Å². The van der Waals surface area contributed by atoms with Crippen LogP contribution in [0.15, 0.2) is 52.3 Å². The summed E-state index contributed by atoms with van der Waals surface area (Å²) in [6, 6.07) is 11.6. The van der Waals surface area contributed by atoms with Gasteiger partial charge >= 0.3 is 0 Å². The van der Waals surface area contributed by atoms with Crippen LogP contribution in [0.25, 0.3) is 0 Å². The van der Waals surface area contributed by atoms with Crippen LogP contribution < -0.4 is 5.73 Å². The number of anilines is 1. The second-order valence-electron chi connectivity index (χ2n) is 3.49. The molecule has 0 unspecified atom stereocenters. The fourth-order valence-corrected chi connectivity index (χ4v) is 2.70. The minimum absolute atomic E-state index is 0.0434. The average Bonchev–Trinajstić information content (AvgIpc) is 2.34. The Balaban J connectivity index is 2.43. The Morgan fingerprint density at radius 2 is 1.89 bits per heavy atom. The van der Waals surface area contributed by atoms with Gasteiger partial charge in [-0.15, -0.1) is 0 Å². The molecule has 0 radical (unpaired) electrons. The first-order valence-corrected chi connectivity index (χ1v) is 6.24. The van der Waals surface area contributed by atoms with Crippen molar-refractivity contribution in [3.05, 3.63) is 57.6 Å². The lowest BCUT2D eigenvalue weighted by Gasteiger charge is -2.07. The number of nitro benzene ring substituents is 1. The standard InChI is InChI=1S/C12H9ClN2O2S/c13-8-4-3-5-9(14)12(8)18-11-7-2-1-6-10(11)15(16)17/h1-7H,14H2. The number of nitro groups is 1. The lowest BCUT2D eigenvalue weighted by molar-refractivity contribution is -0.387. The number of rotatable bonds is 3. The fourth-order valence-electron chi connectivity index (χ4n) is 1.44. The predicted octanol–water partition coefficient (Wildman–Crippen LogP) is 3.98. The zero-order valence-corrected chi connectivity index (χ0v) is 10.7. The number of nitrogens with two attached hydrogens (primary N) is 1. The van der Waals surface area contributed by atoms with Crippen LogP contribution in [0.2, 0.25) is 5.02 Å². The molecule has 92 valence electrons. The van der Waals surface area contributed by atoms with E-state index in [0.717, 1.165) is 0 Å². The molecule has 18 heavy (non-hydrogen) atoms. The topological polar surface area (TPSA) is 69.2 Å². The molecule has 2 aromatic rings. The van der Waals surface area contributed by atoms with Crippen molar-refractivity contribution < 1.29 is 4.92 Å². The third kappa shape index (κ3) is 2.57. The number of para-hydroxylation sites is 1. The third-order valence-electron chi connectivity index (χ3n) is 2.27. The largest absolute Gasteiger partial charge is 0.398 e. The molecule has 0 amide bonds. The summed E-state index contributed by atoms with van der Waals surface area (Å²) in [5.74, 6) is 0. The third-order valence-corrected chi connectivity index (χ3v) is 3.92. The number of benzene rings is 2. The minimum Gasteiger partial charge on any atom is -0.398 e. The van der Waals surface area contributed by atoms with Crippen molar-refractivity contribution in [1.82, 2.24) is 0 Å². The van der Waals surface area contributed by atoms with Gasteiger partial charge in [0.15, 0.2) is 0 Å². The highest BCUT2D eigenvalue weighted by Crippen LogP contribution is 2.40. The van der Waals surface area contributed by atoms with Crippen molar-refractivity contribution in [1.29, 1.82) is 0 Å². The Bertz CT molecular complexity index is 584. The van der Waals surface area contributed by atoms with E-state index in [1.165, 1.54) is 17.8 Å². The van der Waals surface area contributed by atoms with Gasteiger partial charge in [-0.2, -0.15) is 0 Å². The van der Waals surface area contributed by atoms with Gasteiger partial charge in [0.1, 0.15) is 0 Å². The Morgan fingerprint density at radius 3 is 2.56 bits per heavy atom. The first-order chi connectivity index (χ1) is 8.59. The predicted molar refractivity (Wildman–Crippen MR) is 73.1 cm³/mol. The second-order valence-corrected chi connectivity index (χ2v) is 4.94. The zero-order chi connectivity index (χ0) is 13.1. The molecule has 0 fully saturated rings. The molecule has 0 saturated carbocycles. The average molecular weight is 281 g/mol. The first-order valence-electron chi connectivity index (χ1n) is 5.05. The van der Waals surface area contributed by atoms with Gasteiger partial charge < -0.3 is 5.73 Å². The number of hydrogen-bond acceptors (Lipinski definition) is 4. The molecule has 2 rings (SSSR count). The van der Waals surface area contributed by atoms with E-state index in [-0.39, 0.29) is 5.69 Å². The smallest absolute Gasteiger partial charge is 0.283 e. The first kappa shape index (κ1) is 12.7. The summed E-state index contributed by atoms with van der Waals surface area (Å²) in [7, 11) is 0. The van der Waals surface area contributed by atoms with Crippen molar-refractivity contribution in [2.75, 3.05) is 5.73 Å². The molecule has 0 saturated heterocycles. The molecule has 0 aromatic heterocycles. The lowest BCUT2D eigenvalue weighted by atomic mass is 10.3. The molecule has 4 nitrogen and oxygen atoms in total. The van der Waals surface area contributed by atoms with Gasteiger partial charge in [-0.1, -0.05) is 41.6 Å². The van der Waals surface area contributed by atoms with E-state index in [0.29, 0.717) is 20.5 Å². The van der Waals surface area contributed by atoms with E-state index in [4.69, 9.17) is 17.3 Å². The maximum atomic E-state index is 10.9. The van der Waals surface area contributed by atoms with E-state index in [2.05, 4.69) is 0 Å². The van der Waals surface area contributed by atoms with Gasteiger partial charge in [-0.05, 0) is 18.2 Å². The van der Waals surface area contributed by atoms with Gasteiger partial charge in [0.2, 0.25) is 0 Å². The van der Waals surface area contributed by atoms with Crippen LogP contribution in [0.5, 0.6) is 0 Å². The summed E-state index contributed by atoms with van der Waals surface area (Å²) in [6.07, 6.45) is 0. The summed E-state index contributed by atoms with van der Waals surface area (Å²) < 4.78 is 0. The van der Waals surface area contributed by atoms with E-state index in [1.54, 1.807) is 36.4 Å². The van der Waals surface area contributed by atoms with Gasteiger partial charge in [0.25, 0.3) is 5.69 Å².